The van der Waals surface area contributed by atoms with Crippen molar-refractivity contribution in [1.82, 2.24) is 9.55 Å². The Hall–Kier alpha value is -1.81. The molecule has 0 saturated heterocycles. The minimum atomic E-state index is 0.0344. The van der Waals surface area contributed by atoms with Crippen LogP contribution in [0.4, 0.5) is 0 Å². The van der Waals surface area contributed by atoms with Gasteiger partial charge < -0.3 is 15.0 Å². The zero-order valence-electron chi connectivity index (χ0n) is 9.91. The van der Waals surface area contributed by atoms with Gasteiger partial charge in [0.15, 0.2) is 0 Å². The third-order valence-electron chi connectivity index (χ3n) is 2.56. The number of hydrogen-bond acceptors (Lipinski definition) is 3. The van der Waals surface area contributed by atoms with Crippen molar-refractivity contribution in [2.45, 2.75) is 19.5 Å². The van der Waals surface area contributed by atoms with E-state index in [4.69, 9.17) is 10.5 Å². The van der Waals surface area contributed by atoms with Gasteiger partial charge in [-0.1, -0.05) is 12.1 Å². The average Bonchev–Trinajstić information content (AvgIpc) is 2.82. The van der Waals surface area contributed by atoms with Gasteiger partial charge in [-0.15, -0.1) is 0 Å². The van der Waals surface area contributed by atoms with Gasteiger partial charge in [-0.25, -0.2) is 4.98 Å². The van der Waals surface area contributed by atoms with Gasteiger partial charge in [0.1, 0.15) is 12.4 Å². The number of nitrogens with two attached hydrogens (primary N) is 1. The van der Waals surface area contributed by atoms with E-state index in [0.29, 0.717) is 6.61 Å². The highest BCUT2D eigenvalue weighted by Gasteiger charge is 2.01. The molecule has 2 aromatic rings. The van der Waals surface area contributed by atoms with Gasteiger partial charge in [0.05, 0.1) is 12.9 Å². The van der Waals surface area contributed by atoms with E-state index >= 15 is 0 Å². The Bertz CT molecular complexity index is 451. The molecule has 0 fully saturated rings. The van der Waals surface area contributed by atoms with Gasteiger partial charge >= 0.3 is 0 Å². The van der Waals surface area contributed by atoms with Gasteiger partial charge in [-0.05, 0) is 24.6 Å². The van der Waals surface area contributed by atoms with Crippen molar-refractivity contribution in [1.29, 1.82) is 0 Å². The number of benzene rings is 1. The topological polar surface area (TPSA) is 53.1 Å². The maximum absolute atomic E-state index is 5.82. The maximum atomic E-state index is 5.82. The molecule has 1 atom stereocenters. The molecular weight excluding hydrogens is 214 g/mol. The summed E-state index contributed by atoms with van der Waals surface area (Å²) in [6.07, 6.45) is 5.46. The molecule has 4 nitrogen and oxygen atoms in total. The van der Waals surface area contributed by atoms with Crippen LogP contribution in [0.5, 0.6) is 5.75 Å². The second-order valence-electron chi connectivity index (χ2n) is 4.01. The van der Waals surface area contributed by atoms with Gasteiger partial charge in [-0.2, -0.15) is 0 Å². The molecule has 17 heavy (non-hydrogen) atoms. The van der Waals surface area contributed by atoms with E-state index in [9.17, 15) is 0 Å². The number of hydrogen-bond donors (Lipinski definition) is 1. The average molecular weight is 231 g/mol. The molecule has 1 aromatic heterocycles. The standard InChI is InChI=1S/C13H17N3O/c1-11(14)12-3-2-4-13(9-12)17-8-7-16-6-5-15-10-16/h2-6,9-11H,7-8,14H2,1H3/t11-/m0/s1. The first-order chi connectivity index (χ1) is 8.25. The summed E-state index contributed by atoms with van der Waals surface area (Å²) < 4.78 is 7.65. The van der Waals surface area contributed by atoms with Crippen molar-refractivity contribution < 1.29 is 4.74 Å². The lowest BCUT2D eigenvalue weighted by atomic mass is 10.1. The molecule has 4 heteroatoms. The number of imidazole rings is 1. The molecule has 0 aliphatic heterocycles. The molecule has 1 aromatic carbocycles. The Morgan fingerprint density at radius 3 is 3.06 bits per heavy atom. The molecule has 1 heterocycles. The monoisotopic (exact) mass is 231 g/mol. The lowest BCUT2D eigenvalue weighted by molar-refractivity contribution is 0.298. The van der Waals surface area contributed by atoms with E-state index in [-0.39, 0.29) is 6.04 Å². The van der Waals surface area contributed by atoms with E-state index in [1.807, 2.05) is 42.0 Å². The molecule has 0 spiro atoms. The Morgan fingerprint density at radius 1 is 1.47 bits per heavy atom. The van der Waals surface area contributed by atoms with E-state index in [1.165, 1.54) is 0 Å². The predicted molar refractivity (Wildman–Crippen MR) is 66.8 cm³/mol. The summed E-state index contributed by atoms with van der Waals surface area (Å²) in [5.74, 6) is 0.861. The zero-order valence-corrected chi connectivity index (χ0v) is 9.91. The largest absolute Gasteiger partial charge is 0.492 e. The van der Waals surface area contributed by atoms with Crippen LogP contribution < -0.4 is 10.5 Å². The molecule has 0 amide bonds. The van der Waals surface area contributed by atoms with Gasteiger partial charge in [0, 0.05) is 18.4 Å². The molecule has 0 aliphatic carbocycles. The molecule has 0 bridgehead atoms. The van der Waals surface area contributed by atoms with Crippen LogP contribution in [0.2, 0.25) is 0 Å². The van der Waals surface area contributed by atoms with Gasteiger partial charge in [-0.3, -0.25) is 0 Å². The third kappa shape index (κ3) is 3.32. The molecule has 0 unspecified atom stereocenters. The summed E-state index contributed by atoms with van der Waals surface area (Å²) in [7, 11) is 0. The van der Waals surface area contributed by atoms with Crippen LogP contribution in [0, 0.1) is 0 Å². The SMILES string of the molecule is C[C@H](N)c1cccc(OCCn2ccnc2)c1. The molecular formula is C13H17N3O. The quantitative estimate of drug-likeness (QED) is 0.856. The van der Waals surface area contributed by atoms with Crippen molar-refractivity contribution in [3.8, 4) is 5.75 Å². The summed E-state index contributed by atoms with van der Waals surface area (Å²) in [5, 5.41) is 0. The number of aromatic nitrogens is 2. The molecule has 0 saturated carbocycles. The third-order valence-corrected chi connectivity index (χ3v) is 2.56. The fourth-order valence-corrected chi connectivity index (χ4v) is 1.58. The molecule has 90 valence electrons. The Labute approximate surface area is 101 Å². The van der Waals surface area contributed by atoms with Crippen LogP contribution in [0.15, 0.2) is 43.0 Å². The second kappa shape index (κ2) is 5.50. The summed E-state index contributed by atoms with van der Waals surface area (Å²) in [6, 6.07) is 7.93. The van der Waals surface area contributed by atoms with Crippen LogP contribution in [0.3, 0.4) is 0 Å². The van der Waals surface area contributed by atoms with Crippen molar-refractivity contribution in [2.75, 3.05) is 6.61 Å². The first kappa shape index (κ1) is 11.7. The molecule has 2 rings (SSSR count). The van der Waals surface area contributed by atoms with Crippen molar-refractivity contribution in [3.05, 3.63) is 48.5 Å². The van der Waals surface area contributed by atoms with Crippen LogP contribution in [0.1, 0.15) is 18.5 Å². The first-order valence-corrected chi connectivity index (χ1v) is 5.70. The van der Waals surface area contributed by atoms with E-state index < -0.39 is 0 Å². The summed E-state index contributed by atoms with van der Waals surface area (Å²) >= 11 is 0. The minimum absolute atomic E-state index is 0.0344. The minimum Gasteiger partial charge on any atom is -0.492 e. The number of ether oxygens (including phenoxy) is 1. The summed E-state index contributed by atoms with van der Waals surface area (Å²) in [5.41, 5.74) is 6.91. The van der Waals surface area contributed by atoms with Crippen molar-refractivity contribution in [2.24, 2.45) is 5.73 Å². The zero-order chi connectivity index (χ0) is 12.1. The summed E-state index contributed by atoms with van der Waals surface area (Å²) in [6.45, 7) is 3.38. The second-order valence-corrected chi connectivity index (χ2v) is 4.01. The lowest BCUT2D eigenvalue weighted by Gasteiger charge is -2.10. The first-order valence-electron chi connectivity index (χ1n) is 5.70. The highest BCUT2D eigenvalue weighted by atomic mass is 16.5. The Morgan fingerprint density at radius 2 is 2.35 bits per heavy atom. The molecule has 2 N–H and O–H groups in total. The normalized spacial score (nSPS) is 12.4. The van der Waals surface area contributed by atoms with Crippen molar-refractivity contribution in [3.63, 3.8) is 0 Å². The lowest BCUT2D eigenvalue weighted by Crippen LogP contribution is -2.08. The Kier molecular flexibility index (Phi) is 3.77. The molecule has 0 radical (unpaired) electrons. The van der Waals surface area contributed by atoms with Crippen LogP contribution in [-0.2, 0) is 6.54 Å². The maximum Gasteiger partial charge on any atom is 0.119 e. The number of rotatable bonds is 5. The van der Waals surface area contributed by atoms with Crippen LogP contribution >= 0.6 is 0 Å². The van der Waals surface area contributed by atoms with Gasteiger partial charge in [0.25, 0.3) is 0 Å². The summed E-state index contributed by atoms with van der Waals surface area (Å²) in [4.78, 5) is 3.98. The Balaban J connectivity index is 1.88. The fourth-order valence-electron chi connectivity index (χ4n) is 1.58. The molecule has 0 aliphatic rings. The van der Waals surface area contributed by atoms with Gasteiger partial charge in [0.2, 0.25) is 0 Å². The predicted octanol–water partition coefficient (Wildman–Crippen LogP) is 1.98. The van der Waals surface area contributed by atoms with E-state index in [2.05, 4.69) is 4.98 Å². The fraction of sp³-hybridized carbons (Fsp3) is 0.308. The smallest absolute Gasteiger partial charge is 0.119 e. The van der Waals surface area contributed by atoms with E-state index in [0.717, 1.165) is 17.9 Å². The highest BCUT2D eigenvalue weighted by Crippen LogP contribution is 2.17. The van der Waals surface area contributed by atoms with E-state index in [1.54, 1.807) is 12.5 Å². The van der Waals surface area contributed by atoms with Crippen molar-refractivity contribution >= 4 is 0 Å². The highest BCUT2D eigenvalue weighted by molar-refractivity contribution is 5.30. The van der Waals surface area contributed by atoms with Crippen LogP contribution in [0.25, 0.3) is 0 Å². The van der Waals surface area contributed by atoms with Crippen LogP contribution in [-0.4, -0.2) is 16.2 Å². The number of nitrogens with zero attached hydrogens (tertiary/aromatic N) is 2.